The second-order valence-electron chi connectivity index (χ2n) is 3.56. The molecule has 0 heterocycles. The Morgan fingerprint density at radius 2 is 2.00 bits per heavy atom. The molecule has 0 N–H and O–H groups in total. The maximum Gasteiger partial charge on any atom is 0.360 e. The van der Waals surface area contributed by atoms with Crippen LogP contribution in [0.15, 0.2) is 0 Å². The third-order valence-corrected chi connectivity index (χ3v) is 6.56. The van der Waals surface area contributed by atoms with Gasteiger partial charge in [-0.25, -0.2) is 0 Å². The molecule has 0 spiro atoms. The minimum absolute atomic E-state index is 0. The molecule has 0 saturated carbocycles. The molecule has 72 valence electrons. The quantitative estimate of drug-likeness (QED) is 0.577. The Morgan fingerprint density at radius 1 is 1.33 bits per heavy atom. The third kappa shape index (κ3) is 9.36. The lowest BCUT2D eigenvalue weighted by molar-refractivity contribution is 0.490. The molecule has 0 aliphatic heterocycles. The largest absolute Gasteiger partial charge is 0.360 e. The average molecular weight is 219 g/mol. The van der Waals surface area contributed by atoms with E-state index in [2.05, 4.69) is 13.8 Å². The highest BCUT2D eigenvalue weighted by molar-refractivity contribution is 6.47. The highest BCUT2D eigenvalue weighted by atomic mass is 35.5. The van der Waals surface area contributed by atoms with Gasteiger partial charge in [-0.05, 0) is 10.2 Å². The van der Waals surface area contributed by atoms with E-state index in [0.717, 1.165) is 5.92 Å². The van der Waals surface area contributed by atoms with E-state index in [-0.39, 0.29) is 12.4 Å². The van der Waals surface area contributed by atoms with Crippen LogP contribution < -0.4 is 0 Å². The van der Waals surface area contributed by atoms with Gasteiger partial charge in [-0.3, -0.25) is 0 Å². The molecule has 12 heavy (non-hydrogen) atoms. The molecule has 0 rings (SSSR count). The van der Waals surface area contributed by atoms with Gasteiger partial charge in [0.15, 0.2) is 0 Å². The second kappa shape index (κ2) is 12.3. The number of halogens is 1. The number of hydrogen-bond donors (Lipinski definition) is 0. The zero-order valence-corrected chi connectivity index (χ0v) is 13.2. The van der Waals surface area contributed by atoms with Gasteiger partial charge >= 0.3 is 20.4 Å². The van der Waals surface area contributed by atoms with Gasteiger partial charge < -0.3 is 0 Å². The van der Waals surface area contributed by atoms with Crippen LogP contribution in [0.25, 0.3) is 0 Å². The first-order valence-electron chi connectivity index (χ1n) is 5.35. The summed E-state index contributed by atoms with van der Waals surface area (Å²) in [6.45, 7) is 4.67. The Bertz CT molecular complexity index is 72.9. The van der Waals surface area contributed by atoms with E-state index in [1.165, 1.54) is 35.9 Å². The lowest BCUT2D eigenvalue weighted by atomic mass is 10.0. The van der Waals surface area contributed by atoms with E-state index in [1.807, 2.05) is 0 Å². The number of unbranched alkanes of at least 4 members (excludes halogenated alkanes) is 1. The maximum atomic E-state index is 2.36. The predicted molar refractivity (Wildman–Crippen MR) is 65.9 cm³/mol. The fourth-order valence-electron chi connectivity index (χ4n) is 1.54. The van der Waals surface area contributed by atoms with E-state index in [1.54, 1.807) is 8.72 Å². The minimum Gasteiger partial charge on any atom is -0.157 e. The standard InChI is InChI=1S/C8H17.CH5Si.ClH.Mg/c1-4-6-7-8(3)5-2;1-2;;/h8H,3-7H2,1-2H3;1H2,2H3;1H;. The summed E-state index contributed by atoms with van der Waals surface area (Å²) < 4.78 is 3.28. The Morgan fingerprint density at radius 3 is 2.42 bits per heavy atom. The molecule has 0 saturated heterocycles. The minimum atomic E-state index is 0. The van der Waals surface area contributed by atoms with Crippen LogP contribution in [0.3, 0.4) is 0 Å². The molecule has 0 nitrogen and oxygen atoms in total. The van der Waals surface area contributed by atoms with Gasteiger partial charge in [-0.1, -0.05) is 45.4 Å². The summed E-state index contributed by atoms with van der Waals surface area (Å²) in [7, 11) is 1.46. The third-order valence-electron chi connectivity index (χ3n) is 2.51. The van der Waals surface area contributed by atoms with E-state index in [9.17, 15) is 0 Å². The molecule has 0 aromatic carbocycles. The Balaban J connectivity index is 0. The van der Waals surface area contributed by atoms with Crippen LogP contribution >= 0.6 is 12.4 Å². The number of rotatable bonds is 7. The molecule has 0 radical (unpaired) electrons. The van der Waals surface area contributed by atoms with Crippen molar-refractivity contribution in [2.24, 2.45) is 5.92 Å². The summed E-state index contributed by atoms with van der Waals surface area (Å²) in [4.78, 5) is 0. The van der Waals surface area contributed by atoms with Crippen molar-refractivity contribution < 1.29 is 0 Å². The molecule has 0 aromatic rings. The molecule has 1 unspecified atom stereocenters. The monoisotopic (exact) mass is 218 g/mol. The van der Waals surface area contributed by atoms with Crippen LogP contribution in [0, 0.1) is 5.92 Å². The van der Waals surface area contributed by atoms with Gasteiger partial charge in [0.1, 0.15) is 0 Å². The first-order valence-corrected chi connectivity index (χ1v) is 8.76. The van der Waals surface area contributed by atoms with E-state index in [0.29, 0.717) is 20.4 Å². The van der Waals surface area contributed by atoms with E-state index < -0.39 is 0 Å². The van der Waals surface area contributed by atoms with Crippen LogP contribution in [0.2, 0.25) is 8.72 Å². The van der Waals surface area contributed by atoms with Gasteiger partial charge in [0.05, 0.1) is 0 Å². The second-order valence-corrected chi connectivity index (χ2v) is 8.84. The fraction of sp³-hybridized carbons (Fsp3) is 1.00. The van der Waals surface area contributed by atoms with Crippen molar-refractivity contribution in [3.05, 3.63) is 0 Å². The molecule has 0 aromatic heterocycles. The molecule has 0 amide bonds. The van der Waals surface area contributed by atoms with Gasteiger partial charge in [-0.15, -0.1) is 17.0 Å². The molecule has 0 fully saturated rings. The Hall–Kier alpha value is 1.27. The van der Waals surface area contributed by atoms with E-state index in [4.69, 9.17) is 0 Å². The molecular weight excluding hydrogens is 196 g/mol. The summed E-state index contributed by atoms with van der Waals surface area (Å²) in [5, 5.41) is 0. The van der Waals surface area contributed by atoms with Crippen molar-refractivity contribution >= 4 is 43.0 Å². The first-order chi connectivity index (χ1) is 5.35. The van der Waals surface area contributed by atoms with Gasteiger partial charge in [-0.2, -0.15) is 4.17 Å². The molecular formula is C9H23ClMgSi. The summed E-state index contributed by atoms with van der Waals surface area (Å²) >= 11 is 0.397. The maximum absolute atomic E-state index is 2.36. The van der Waals surface area contributed by atoms with Crippen molar-refractivity contribution in [1.82, 2.24) is 0 Å². The summed E-state index contributed by atoms with van der Waals surface area (Å²) in [6, 6.07) is 0. The highest BCUT2D eigenvalue weighted by Crippen LogP contribution is 2.16. The van der Waals surface area contributed by atoms with Gasteiger partial charge in [0.25, 0.3) is 0 Å². The Kier molecular flexibility index (Phi) is 16.1. The van der Waals surface area contributed by atoms with Gasteiger partial charge in [0.2, 0.25) is 0 Å². The van der Waals surface area contributed by atoms with Crippen molar-refractivity contribution in [1.29, 1.82) is 0 Å². The smallest absolute Gasteiger partial charge is 0.157 e. The zero-order chi connectivity index (χ0) is 8.53. The summed E-state index contributed by atoms with van der Waals surface area (Å²) in [5.41, 5.74) is 0. The van der Waals surface area contributed by atoms with Crippen molar-refractivity contribution in [3.8, 4) is 0 Å². The normalized spacial score (nSPS) is 11.8. The lowest BCUT2D eigenvalue weighted by Gasteiger charge is -2.12. The fourth-order valence-corrected chi connectivity index (χ4v) is 4.45. The highest BCUT2D eigenvalue weighted by Gasteiger charge is 2.05. The van der Waals surface area contributed by atoms with Crippen LogP contribution in [0.5, 0.6) is 0 Å². The SMILES string of the molecule is CCCCC(CC)[CH2][Mg][CH2][SiH3].Cl. The molecule has 0 aliphatic rings. The summed E-state index contributed by atoms with van der Waals surface area (Å²) in [5.74, 6) is 1.11. The average Bonchev–Trinajstić information content (AvgIpc) is 2.05. The topological polar surface area (TPSA) is 0 Å². The zero-order valence-electron chi connectivity index (χ0n) is 8.94. The molecule has 1 atom stereocenters. The van der Waals surface area contributed by atoms with Gasteiger partial charge in [0, 0.05) is 0 Å². The first kappa shape index (κ1) is 15.7. The summed E-state index contributed by atoms with van der Waals surface area (Å²) in [6.07, 6.45) is 5.81. The van der Waals surface area contributed by atoms with Crippen LogP contribution in [-0.4, -0.2) is 30.6 Å². The molecule has 3 heteroatoms. The predicted octanol–water partition coefficient (Wildman–Crippen LogP) is 2.49. The van der Waals surface area contributed by atoms with E-state index >= 15 is 0 Å². The van der Waals surface area contributed by atoms with Crippen LogP contribution in [0.4, 0.5) is 0 Å². The van der Waals surface area contributed by atoms with Crippen molar-refractivity contribution in [3.63, 3.8) is 0 Å². The lowest BCUT2D eigenvalue weighted by Crippen LogP contribution is -2.02. The molecule has 0 aliphatic carbocycles. The van der Waals surface area contributed by atoms with Crippen LogP contribution in [-0.2, 0) is 0 Å². The Labute approximate surface area is 96.8 Å². The van der Waals surface area contributed by atoms with Crippen molar-refractivity contribution in [2.75, 3.05) is 0 Å². The van der Waals surface area contributed by atoms with Crippen LogP contribution in [0.1, 0.15) is 39.5 Å². The molecule has 0 bridgehead atoms. The van der Waals surface area contributed by atoms with Crippen molar-refractivity contribution in [2.45, 2.75) is 48.3 Å². The number of hydrogen-bond acceptors (Lipinski definition) is 0.